The van der Waals surface area contributed by atoms with E-state index in [1.807, 2.05) is 13.8 Å². The standard InChI is InChI=1S/C17H26N4O2.CO2/c1-4-15-11-13(3)19-21(15)10-8-6-7-9-14-12-18-20(5-2)16(14)17(22)23;2-1-3/h11-12H,4-10H2,1-3H3,(H,22,23);. The van der Waals surface area contributed by atoms with Crippen molar-refractivity contribution in [2.45, 2.75) is 66.0 Å². The van der Waals surface area contributed by atoms with Crippen LogP contribution < -0.4 is 0 Å². The van der Waals surface area contributed by atoms with Crippen LogP contribution in [-0.2, 0) is 35.5 Å². The first-order valence-electron chi connectivity index (χ1n) is 8.78. The Kier molecular flexibility index (Phi) is 9.01. The SMILES string of the molecule is CCc1cc(C)nn1CCCCCc1cnn(CC)c1C(=O)O.O=C=O. The van der Waals surface area contributed by atoms with Crippen LogP contribution in [0.1, 0.15) is 60.5 Å². The zero-order chi connectivity index (χ0) is 19.5. The van der Waals surface area contributed by atoms with E-state index in [2.05, 4.69) is 27.9 Å². The Bertz CT molecular complexity index is 742. The van der Waals surface area contributed by atoms with Crippen LogP contribution in [-0.4, -0.2) is 36.8 Å². The normalized spacial score (nSPS) is 10.1. The number of unbranched alkanes of at least 4 members (excludes halogenated alkanes) is 2. The number of aromatic carboxylic acids is 1. The number of carboxylic acid groups (broad SMARTS) is 1. The molecule has 0 fully saturated rings. The molecule has 0 aliphatic heterocycles. The van der Waals surface area contributed by atoms with Crippen molar-refractivity contribution in [1.82, 2.24) is 19.6 Å². The van der Waals surface area contributed by atoms with E-state index in [-0.39, 0.29) is 6.15 Å². The van der Waals surface area contributed by atoms with Crippen LogP contribution in [0.4, 0.5) is 0 Å². The fraction of sp³-hybridized carbons (Fsp3) is 0.556. The van der Waals surface area contributed by atoms with Gasteiger partial charge in [-0.2, -0.15) is 19.8 Å². The molecule has 8 nitrogen and oxygen atoms in total. The average molecular weight is 362 g/mol. The molecule has 0 bridgehead atoms. The molecule has 0 aliphatic carbocycles. The third-order valence-electron chi connectivity index (χ3n) is 4.08. The molecule has 8 heteroatoms. The number of carboxylic acids is 1. The molecule has 0 amide bonds. The van der Waals surface area contributed by atoms with Gasteiger partial charge >= 0.3 is 12.1 Å². The summed E-state index contributed by atoms with van der Waals surface area (Å²) in [6.45, 7) is 7.58. The summed E-state index contributed by atoms with van der Waals surface area (Å²) in [4.78, 5) is 27.6. The maximum atomic E-state index is 11.3. The van der Waals surface area contributed by atoms with Crippen molar-refractivity contribution in [3.8, 4) is 0 Å². The monoisotopic (exact) mass is 362 g/mol. The van der Waals surface area contributed by atoms with Gasteiger partial charge in [-0.15, -0.1) is 0 Å². The molecule has 0 spiro atoms. The first-order valence-corrected chi connectivity index (χ1v) is 8.78. The Balaban J connectivity index is 0.00000105. The lowest BCUT2D eigenvalue weighted by Crippen LogP contribution is -2.10. The van der Waals surface area contributed by atoms with Crippen molar-refractivity contribution < 1.29 is 19.5 Å². The van der Waals surface area contributed by atoms with Crippen LogP contribution in [0.25, 0.3) is 0 Å². The van der Waals surface area contributed by atoms with Crippen molar-refractivity contribution in [3.05, 3.63) is 34.9 Å². The van der Waals surface area contributed by atoms with Crippen LogP contribution >= 0.6 is 0 Å². The smallest absolute Gasteiger partial charge is 0.373 e. The van der Waals surface area contributed by atoms with Gasteiger partial charge in [0.25, 0.3) is 0 Å². The van der Waals surface area contributed by atoms with E-state index >= 15 is 0 Å². The van der Waals surface area contributed by atoms with Crippen molar-refractivity contribution in [2.75, 3.05) is 0 Å². The maximum absolute atomic E-state index is 11.3. The summed E-state index contributed by atoms with van der Waals surface area (Å²) in [7, 11) is 0. The quantitative estimate of drug-likeness (QED) is 0.687. The first kappa shape index (κ1) is 21.3. The molecule has 142 valence electrons. The van der Waals surface area contributed by atoms with E-state index in [4.69, 9.17) is 9.59 Å². The van der Waals surface area contributed by atoms with Gasteiger partial charge in [0.1, 0.15) is 5.69 Å². The number of hydrogen-bond acceptors (Lipinski definition) is 5. The Hall–Kier alpha value is -2.73. The van der Waals surface area contributed by atoms with E-state index in [9.17, 15) is 9.90 Å². The molecule has 0 aliphatic rings. The van der Waals surface area contributed by atoms with E-state index in [0.29, 0.717) is 12.2 Å². The fourth-order valence-electron chi connectivity index (χ4n) is 2.93. The summed E-state index contributed by atoms with van der Waals surface area (Å²) in [5, 5.41) is 18.0. The van der Waals surface area contributed by atoms with E-state index in [0.717, 1.165) is 49.9 Å². The molecule has 0 aromatic carbocycles. The van der Waals surface area contributed by atoms with Crippen molar-refractivity contribution in [2.24, 2.45) is 0 Å². The van der Waals surface area contributed by atoms with Gasteiger partial charge in [0, 0.05) is 24.3 Å². The second-order valence-corrected chi connectivity index (χ2v) is 5.89. The van der Waals surface area contributed by atoms with Gasteiger partial charge in [0.05, 0.1) is 11.9 Å². The van der Waals surface area contributed by atoms with E-state index < -0.39 is 5.97 Å². The molecule has 2 aromatic heterocycles. The molecule has 2 rings (SSSR count). The van der Waals surface area contributed by atoms with E-state index in [1.165, 1.54) is 5.69 Å². The highest BCUT2D eigenvalue weighted by Gasteiger charge is 2.16. The summed E-state index contributed by atoms with van der Waals surface area (Å²) in [6.07, 6.45) is 6.78. The van der Waals surface area contributed by atoms with Crippen LogP contribution in [0, 0.1) is 6.92 Å². The van der Waals surface area contributed by atoms with E-state index in [1.54, 1.807) is 10.9 Å². The van der Waals surface area contributed by atoms with Gasteiger partial charge in [-0.1, -0.05) is 13.3 Å². The van der Waals surface area contributed by atoms with Crippen molar-refractivity contribution in [1.29, 1.82) is 0 Å². The number of nitrogens with zero attached hydrogens (tertiary/aromatic N) is 4. The molecule has 0 saturated heterocycles. The van der Waals surface area contributed by atoms with Gasteiger partial charge in [-0.3, -0.25) is 9.36 Å². The van der Waals surface area contributed by atoms with Crippen LogP contribution in [0.3, 0.4) is 0 Å². The second kappa shape index (κ2) is 11.0. The minimum atomic E-state index is -0.890. The summed E-state index contributed by atoms with van der Waals surface area (Å²) >= 11 is 0. The lowest BCUT2D eigenvalue weighted by molar-refractivity contribution is -0.191. The highest BCUT2D eigenvalue weighted by atomic mass is 16.4. The summed E-state index contributed by atoms with van der Waals surface area (Å²) in [6, 6.07) is 2.14. The number of carbonyl (C=O) groups is 1. The first-order chi connectivity index (χ1) is 12.5. The Morgan fingerprint density at radius 1 is 1.19 bits per heavy atom. The minimum absolute atomic E-state index is 0.250. The molecule has 0 unspecified atom stereocenters. The summed E-state index contributed by atoms with van der Waals surface area (Å²) in [5.74, 6) is -0.890. The Morgan fingerprint density at radius 2 is 1.88 bits per heavy atom. The zero-order valence-corrected chi connectivity index (χ0v) is 15.6. The van der Waals surface area contributed by atoms with Crippen LogP contribution in [0.15, 0.2) is 12.3 Å². The van der Waals surface area contributed by atoms with Crippen molar-refractivity contribution in [3.63, 3.8) is 0 Å². The van der Waals surface area contributed by atoms with Gasteiger partial charge in [-0.05, 0) is 45.6 Å². The zero-order valence-electron chi connectivity index (χ0n) is 15.6. The van der Waals surface area contributed by atoms with Gasteiger partial charge < -0.3 is 5.11 Å². The molecule has 26 heavy (non-hydrogen) atoms. The topological polar surface area (TPSA) is 107 Å². The van der Waals surface area contributed by atoms with Gasteiger partial charge in [0.15, 0.2) is 0 Å². The molecular formula is C18H26N4O4. The molecule has 0 radical (unpaired) electrons. The van der Waals surface area contributed by atoms with Crippen LogP contribution in [0.2, 0.25) is 0 Å². The Morgan fingerprint density at radius 3 is 2.46 bits per heavy atom. The molecule has 0 saturated carbocycles. The van der Waals surface area contributed by atoms with Crippen LogP contribution in [0.5, 0.6) is 0 Å². The van der Waals surface area contributed by atoms with Crippen molar-refractivity contribution >= 4 is 12.1 Å². The largest absolute Gasteiger partial charge is 0.477 e. The average Bonchev–Trinajstić information content (AvgIpc) is 3.18. The lowest BCUT2D eigenvalue weighted by Gasteiger charge is -2.06. The minimum Gasteiger partial charge on any atom is -0.477 e. The predicted molar refractivity (Wildman–Crippen MR) is 93.8 cm³/mol. The molecule has 0 atom stereocenters. The number of aromatic nitrogens is 4. The molecule has 1 N–H and O–H groups in total. The summed E-state index contributed by atoms with van der Waals surface area (Å²) in [5.41, 5.74) is 3.52. The third-order valence-corrected chi connectivity index (χ3v) is 4.08. The maximum Gasteiger partial charge on any atom is 0.373 e. The lowest BCUT2D eigenvalue weighted by atomic mass is 10.1. The Labute approximate surface area is 152 Å². The highest BCUT2D eigenvalue weighted by molar-refractivity contribution is 5.87. The highest BCUT2D eigenvalue weighted by Crippen LogP contribution is 2.14. The predicted octanol–water partition coefficient (Wildman–Crippen LogP) is 2.50. The second-order valence-electron chi connectivity index (χ2n) is 5.89. The van der Waals surface area contributed by atoms with Gasteiger partial charge in [0.2, 0.25) is 0 Å². The number of aryl methyl sites for hydroxylation is 5. The number of carbonyl (C=O) groups excluding carboxylic acids is 2. The van der Waals surface area contributed by atoms with Gasteiger partial charge in [-0.25, -0.2) is 4.79 Å². The number of hydrogen-bond donors (Lipinski definition) is 1. The molecular weight excluding hydrogens is 336 g/mol. The number of rotatable bonds is 9. The molecule has 2 heterocycles. The summed E-state index contributed by atoms with van der Waals surface area (Å²) < 4.78 is 3.64. The third kappa shape index (κ3) is 5.97. The molecule has 2 aromatic rings. The fourth-order valence-corrected chi connectivity index (χ4v) is 2.93.